The van der Waals surface area contributed by atoms with Gasteiger partial charge in [-0.25, -0.2) is 0 Å². The van der Waals surface area contributed by atoms with E-state index in [1.807, 2.05) is 66.2 Å². The van der Waals surface area contributed by atoms with E-state index < -0.39 is 0 Å². The van der Waals surface area contributed by atoms with Crippen LogP contribution in [-0.4, -0.2) is 26.9 Å². The summed E-state index contributed by atoms with van der Waals surface area (Å²) in [6, 6.07) is 20.1. The second-order valence-corrected chi connectivity index (χ2v) is 8.67. The van der Waals surface area contributed by atoms with Gasteiger partial charge >= 0.3 is 0 Å². The topological polar surface area (TPSA) is 72.2 Å². The molecule has 180 valence electrons. The normalized spacial score (nSPS) is 12.3. The molecule has 1 atom stereocenters. The molecule has 2 aromatic carbocycles. The molecule has 0 radical (unpaired) electrons. The third-order valence-electron chi connectivity index (χ3n) is 6.21. The molecule has 35 heavy (non-hydrogen) atoms. The van der Waals surface area contributed by atoms with Gasteiger partial charge < -0.3 is 5.32 Å². The summed E-state index contributed by atoms with van der Waals surface area (Å²) in [5.74, 6) is -0.474. The molecule has 1 unspecified atom stereocenters. The minimum atomic E-state index is -0.378. The number of benzene rings is 2. The Morgan fingerprint density at radius 2 is 1.74 bits per heavy atom. The number of pyridine rings is 1. The average Bonchev–Trinajstić information content (AvgIpc) is 3.25. The first kappa shape index (κ1) is 24.3. The maximum atomic E-state index is 13.1. The lowest BCUT2D eigenvalue weighted by Crippen LogP contribution is -2.21. The summed E-state index contributed by atoms with van der Waals surface area (Å²) >= 11 is 0. The average molecular weight is 468 g/mol. The highest BCUT2D eigenvalue weighted by molar-refractivity contribution is 6.07. The van der Waals surface area contributed by atoms with E-state index in [-0.39, 0.29) is 11.8 Å². The second-order valence-electron chi connectivity index (χ2n) is 8.67. The number of aromatic nitrogens is 3. The molecule has 4 rings (SSSR count). The Morgan fingerprint density at radius 3 is 2.51 bits per heavy atom. The third kappa shape index (κ3) is 5.48. The van der Waals surface area contributed by atoms with Crippen molar-refractivity contribution in [1.29, 1.82) is 0 Å². The number of aryl methyl sites for hydroxylation is 3. The Kier molecular flexibility index (Phi) is 7.70. The SMILES string of the molecule is CCc1cccc(Cn2nc(CC)c3c(NC(=O)C(C)C=Nc4ccccc4CC)cccc32)n1. The van der Waals surface area contributed by atoms with E-state index in [9.17, 15) is 4.79 Å². The number of nitrogens with one attached hydrogen (secondary N) is 1. The van der Waals surface area contributed by atoms with Crippen LogP contribution in [0.25, 0.3) is 10.9 Å². The van der Waals surface area contributed by atoms with Crippen LogP contribution in [0.15, 0.2) is 65.7 Å². The van der Waals surface area contributed by atoms with Crippen LogP contribution in [0.3, 0.4) is 0 Å². The Morgan fingerprint density at radius 1 is 0.971 bits per heavy atom. The Labute approximate surface area is 207 Å². The number of rotatable bonds is 9. The van der Waals surface area contributed by atoms with E-state index in [0.717, 1.165) is 58.6 Å². The van der Waals surface area contributed by atoms with Crippen LogP contribution in [0.4, 0.5) is 11.4 Å². The van der Waals surface area contributed by atoms with Gasteiger partial charge in [0.2, 0.25) is 5.91 Å². The molecule has 6 heteroatoms. The fourth-order valence-electron chi connectivity index (χ4n) is 4.19. The minimum absolute atomic E-state index is 0.0950. The number of anilines is 1. The van der Waals surface area contributed by atoms with Gasteiger partial charge in [-0.1, -0.05) is 51.1 Å². The van der Waals surface area contributed by atoms with Gasteiger partial charge in [0.15, 0.2) is 0 Å². The zero-order valence-corrected chi connectivity index (χ0v) is 21.0. The van der Waals surface area contributed by atoms with Crippen molar-refractivity contribution in [3.05, 3.63) is 83.3 Å². The van der Waals surface area contributed by atoms with Gasteiger partial charge in [0.1, 0.15) is 0 Å². The first-order chi connectivity index (χ1) is 17.0. The number of amides is 1. The number of carbonyl (C=O) groups is 1. The monoisotopic (exact) mass is 467 g/mol. The van der Waals surface area contributed by atoms with Crippen LogP contribution in [0.2, 0.25) is 0 Å². The van der Waals surface area contributed by atoms with Crippen LogP contribution >= 0.6 is 0 Å². The highest BCUT2D eigenvalue weighted by atomic mass is 16.1. The first-order valence-electron chi connectivity index (χ1n) is 12.4. The van der Waals surface area contributed by atoms with Crippen LogP contribution in [-0.2, 0) is 30.6 Å². The summed E-state index contributed by atoms with van der Waals surface area (Å²) in [6.45, 7) is 8.74. The zero-order chi connectivity index (χ0) is 24.8. The van der Waals surface area contributed by atoms with Crippen molar-refractivity contribution in [1.82, 2.24) is 14.8 Å². The summed E-state index contributed by atoms with van der Waals surface area (Å²) in [6.07, 6.45) is 4.29. The number of hydrogen-bond donors (Lipinski definition) is 1. The summed E-state index contributed by atoms with van der Waals surface area (Å²) in [4.78, 5) is 22.4. The first-order valence-corrected chi connectivity index (χ1v) is 12.4. The highest BCUT2D eigenvalue weighted by Crippen LogP contribution is 2.28. The summed E-state index contributed by atoms with van der Waals surface area (Å²) in [5, 5.41) is 8.97. The minimum Gasteiger partial charge on any atom is -0.325 e. The Hall–Kier alpha value is -3.80. The third-order valence-corrected chi connectivity index (χ3v) is 6.21. The van der Waals surface area contributed by atoms with Crippen molar-refractivity contribution >= 4 is 34.4 Å². The van der Waals surface area contributed by atoms with E-state index >= 15 is 0 Å². The maximum Gasteiger partial charge on any atom is 0.232 e. The summed E-state index contributed by atoms with van der Waals surface area (Å²) < 4.78 is 1.98. The quantitative estimate of drug-likeness (QED) is 0.300. The van der Waals surface area contributed by atoms with Crippen LogP contribution in [0.5, 0.6) is 0 Å². The predicted octanol–water partition coefficient (Wildman–Crippen LogP) is 6.14. The number of fused-ring (bicyclic) bond motifs is 1. The van der Waals surface area contributed by atoms with Crippen molar-refractivity contribution in [2.45, 2.75) is 53.5 Å². The predicted molar refractivity (Wildman–Crippen MR) is 144 cm³/mol. The molecular formula is C29H33N5O. The number of hydrogen-bond acceptors (Lipinski definition) is 4. The lowest BCUT2D eigenvalue weighted by atomic mass is 10.1. The molecule has 1 N–H and O–H groups in total. The van der Waals surface area contributed by atoms with Gasteiger partial charge in [0.05, 0.1) is 40.7 Å². The second kappa shape index (κ2) is 11.1. The molecule has 0 bridgehead atoms. The Bertz CT molecular complexity index is 1350. The molecule has 0 aliphatic rings. The van der Waals surface area contributed by atoms with Gasteiger partial charge in [0, 0.05) is 17.3 Å². The van der Waals surface area contributed by atoms with Gasteiger partial charge in [-0.15, -0.1) is 0 Å². The van der Waals surface area contributed by atoms with E-state index in [2.05, 4.69) is 37.1 Å². The lowest BCUT2D eigenvalue weighted by Gasteiger charge is -2.11. The van der Waals surface area contributed by atoms with Crippen molar-refractivity contribution < 1.29 is 4.79 Å². The van der Waals surface area contributed by atoms with Crippen LogP contribution in [0.1, 0.15) is 50.3 Å². The molecule has 0 aliphatic heterocycles. The smallest absolute Gasteiger partial charge is 0.232 e. The van der Waals surface area contributed by atoms with Gasteiger partial charge in [-0.3, -0.25) is 19.5 Å². The van der Waals surface area contributed by atoms with E-state index in [0.29, 0.717) is 6.54 Å². The van der Waals surface area contributed by atoms with Crippen LogP contribution < -0.4 is 5.32 Å². The maximum absolute atomic E-state index is 13.1. The molecule has 6 nitrogen and oxygen atoms in total. The molecule has 2 heterocycles. The van der Waals surface area contributed by atoms with Gasteiger partial charge in [-0.2, -0.15) is 5.10 Å². The summed E-state index contributed by atoms with van der Waals surface area (Å²) in [7, 11) is 0. The molecule has 0 fully saturated rings. The van der Waals surface area contributed by atoms with Crippen LogP contribution in [0, 0.1) is 5.92 Å². The molecule has 1 amide bonds. The van der Waals surface area contributed by atoms with Crippen molar-refractivity contribution in [3.63, 3.8) is 0 Å². The highest BCUT2D eigenvalue weighted by Gasteiger charge is 2.17. The fraction of sp³-hybridized carbons (Fsp3) is 0.310. The van der Waals surface area contributed by atoms with Gasteiger partial charge in [-0.05, 0) is 62.1 Å². The molecule has 0 aliphatic carbocycles. The Balaban J connectivity index is 1.58. The zero-order valence-electron chi connectivity index (χ0n) is 21.0. The molecule has 0 saturated heterocycles. The lowest BCUT2D eigenvalue weighted by molar-refractivity contribution is -0.117. The van der Waals surface area contributed by atoms with Gasteiger partial charge in [0.25, 0.3) is 0 Å². The van der Waals surface area contributed by atoms with E-state index in [1.165, 1.54) is 5.56 Å². The molecule has 0 spiro atoms. The van der Waals surface area contributed by atoms with Crippen molar-refractivity contribution in [2.24, 2.45) is 10.9 Å². The standard InChI is InChI=1S/C29H33N5O/c1-5-21-12-8-9-15-25(21)30-18-20(4)29(35)32-26-16-11-17-27-28(26)24(7-3)33-34(27)19-23-14-10-13-22(6-2)31-23/h8-18,20H,5-7,19H2,1-4H3,(H,32,35). The largest absolute Gasteiger partial charge is 0.325 e. The number of nitrogens with zero attached hydrogens (tertiary/aromatic N) is 4. The van der Waals surface area contributed by atoms with E-state index in [1.54, 1.807) is 6.21 Å². The molecule has 0 saturated carbocycles. The molecule has 2 aromatic heterocycles. The molecule has 4 aromatic rings. The fourth-order valence-corrected chi connectivity index (χ4v) is 4.19. The number of aliphatic imine (C=N–C) groups is 1. The summed E-state index contributed by atoms with van der Waals surface area (Å²) in [5.41, 5.74) is 6.84. The number of carbonyl (C=O) groups excluding carboxylic acids is 1. The van der Waals surface area contributed by atoms with Crippen molar-refractivity contribution in [3.8, 4) is 0 Å². The molecular weight excluding hydrogens is 434 g/mol. The van der Waals surface area contributed by atoms with E-state index in [4.69, 9.17) is 10.1 Å². The number of para-hydroxylation sites is 1. The van der Waals surface area contributed by atoms with Crippen molar-refractivity contribution in [2.75, 3.05) is 5.32 Å².